The molecule has 2 N–H and O–H groups in total. The van der Waals surface area contributed by atoms with E-state index in [1.54, 1.807) is 46.0 Å². The molecule has 0 aromatic heterocycles. The lowest BCUT2D eigenvalue weighted by Crippen LogP contribution is -2.40. The van der Waals surface area contributed by atoms with Crippen molar-refractivity contribution in [3.8, 4) is 0 Å². The second-order valence-electron chi connectivity index (χ2n) is 6.40. The maximum Gasteiger partial charge on any atom is 0.434 e. The van der Waals surface area contributed by atoms with E-state index in [1.807, 2.05) is 0 Å². The van der Waals surface area contributed by atoms with E-state index in [4.69, 9.17) is 9.57 Å². The number of para-hydroxylation sites is 1. The molecule has 0 spiro atoms. The van der Waals surface area contributed by atoms with Gasteiger partial charge < -0.3 is 10.1 Å². The molecule has 1 aromatic rings. The molecular weight excluding hydrogens is 334 g/mol. The lowest BCUT2D eigenvalue weighted by molar-refractivity contribution is -0.107. The Labute approximate surface area is 142 Å². The molecule has 2 rings (SSSR count). The molecule has 0 bridgehead atoms. The van der Waals surface area contributed by atoms with Gasteiger partial charge in [-0.2, -0.15) is 5.06 Å². The van der Waals surface area contributed by atoms with E-state index in [9.17, 15) is 13.2 Å². The van der Waals surface area contributed by atoms with Crippen LogP contribution in [0.1, 0.15) is 20.8 Å². The maximum atomic E-state index is 12.5. The van der Waals surface area contributed by atoms with E-state index in [0.717, 1.165) is 5.06 Å². The number of hydroxylamine groups is 2. The number of benzene rings is 1. The van der Waals surface area contributed by atoms with Crippen LogP contribution in [-0.2, 0) is 19.6 Å². The van der Waals surface area contributed by atoms with Crippen molar-refractivity contribution in [3.63, 3.8) is 0 Å². The molecule has 1 aromatic carbocycles. The molecule has 1 heterocycles. The predicted octanol–water partition coefficient (Wildman–Crippen LogP) is 1.56. The monoisotopic (exact) mass is 357 g/mol. The van der Waals surface area contributed by atoms with Gasteiger partial charge in [-0.1, -0.05) is 12.1 Å². The van der Waals surface area contributed by atoms with Crippen LogP contribution in [0.4, 0.5) is 10.5 Å². The number of carbonyl (C=O) groups is 1. The number of rotatable bonds is 4. The van der Waals surface area contributed by atoms with Gasteiger partial charge in [0.05, 0.1) is 24.9 Å². The van der Waals surface area contributed by atoms with Crippen LogP contribution in [0.15, 0.2) is 29.2 Å². The summed E-state index contributed by atoms with van der Waals surface area (Å²) in [6, 6.07) is 6.02. The van der Waals surface area contributed by atoms with Gasteiger partial charge in [-0.25, -0.2) is 17.9 Å². The van der Waals surface area contributed by atoms with Gasteiger partial charge in [-0.3, -0.25) is 4.84 Å². The van der Waals surface area contributed by atoms with Gasteiger partial charge in [0.15, 0.2) is 0 Å². The fourth-order valence-corrected chi connectivity index (χ4v) is 3.61. The minimum atomic E-state index is -3.74. The highest BCUT2D eigenvalue weighted by atomic mass is 32.2. The second-order valence-corrected chi connectivity index (χ2v) is 8.08. The van der Waals surface area contributed by atoms with Gasteiger partial charge in [-0.05, 0) is 32.9 Å². The van der Waals surface area contributed by atoms with Crippen molar-refractivity contribution in [1.29, 1.82) is 0 Å². The number of anilines is 1. The van der Waals surface area contributed by atoms with Crippen LogP contribution in [0.25, 0.3) is 0 Å². The molecule has 0 aliphatic carbocycles. The highest BCUT2D eigenvalue weighted by Gasteiger charge is 2.34. The summed E-state index contributed by atoms with van der Waals surface area (Å²) < 4.78 is 32.8. The summed E-state index contributed by atoms with van der Waals surface area (Å²) in [6.45, 7) is 5.37. The molecule has 0 radical (unpaired) electrons. The van der Waals surface area contributed by atoms with Crippen LogP contribution in [0.5, 0.6) is 0 Å². The molecule has 1 atom stereocenters. The number of hydrogen-bond donors (Lipinski definition) is 2. The first kappa shape index (κ1) is 18.5. The van der Waals surface area contributed by atoms with Crippen LogP contribution < -0.4 is 10.0 Å². The minimum Gasteiger partial charge on any atom is -0.442 e. The summed E-state index contributed by atoms with van der Waals surface area (Å²) in [6.07, 6.45) is -0.639. The Hall–Kier alpha value is -1.84. The first-order valence-electron chi connectivity index (χ1n) is 7.55. The average molecular weight is 357 g/mol. The molecule has 8 nitrogen and oxygen atoms in total. The molecule has 134 valence electrons. The van der Waals surface area contributed by atoms with Crippen molar-refractivity contribution in [3.05, 3.63) is 24.3 Å². The number of nitrogens with zero attached hydrogens (tertiary/aromatic N) is 1. The number of hydrogen-bond acceptors (Lipinski definition) is 6. The molecule has 9 heteroatoms. The van der Waals surface area contributed by atoms with Crippen LogP contribution in [-0.4, -0.2) is 51.4 Å². The SMILES string of the molecule is CNc1ccccc1S(=O)(=O)NC1CON(C(=O)OC(C)(C)C)C1. The van der Waals surface area contributed by atoms with Gasteiger partial charge in [0, 0.05) is 7.05 Å². The number of carbonyl (C=O) groups excluding carboxylic acids is 1. The summed E-state index contributed by atoms with van der Waals surface area (Å²) in [7, 11) is -2.09. The third kappa shape index (κ3) is 4.59. The normalized spacial score (nSPS) is 18.5. The number of ether oxygens (including phenoxy) is 1. The molecule has 0 saturated carbocycles. The summed E-state index contributed by atoms with van der Waals surface area (Å²) in [5.41, 5.74) is -0.156. The Morgan fingerprint density at radius 1 is 1.33 bits per heavy atom. The van der Waals surface area contributed by atoms with E-state index in [1.165, 1.54) is 6.07 Å². The van der Waals surface area contributed by atoms with Crippen LogP contribution in [0, 0.1) is 0 Å². The standard InChI is InChI=1S/C15H23N3O5S/c1-15(2,3)23-14(19)18-9-11(10-22-18)17-24(20,21)13-8-6-5-7-12(13)16-4/h5-8,11,16-17H,9-10H2,1-4H3. The largest absolute Gasteiger partial charge is 0.442 e. The van der Waals surface area contributed by atoms with Gasteiger partial charge >= 0.3 is 6.09 Å². The minimum absolute atomic E-state index is 0.0557. The van der Waals surface area contributed by atoms with E-state index >= 15 is 0 Å². The zero-order valence-electron chi connectivity index (χ0n) is 14.2. The highest BCUT2D eigenvalue weighted by Crippen LogP contribution is 2.21. The van der Waals surface area contributed by atoms with E-state index in [-0.39, 0.29) is 18.0 Å². The molecule has 1 aliphatic heterocycles. The number of nitrogens with one attached hydrogen (secondary N) is 2. The van der Waals surface area contributed by atoms with Crippen LogP contribution >= 0.6 is 0 Å². The average Bonchev–Trinajstić information content (AvgIpc) is 2.93. The quantitative estimate of drug-likeness (QED) is 0.849. The Morgan fingerprint density at radius 2 is 2.00 bits per heavy atom. The maximum absolute atomic E-state index is 12.5. The molecular formula is C15H23N3O5S. The molecule has 1 aliphatic rings. The zero-order chi connectivity index (χ0) is 18.0. The third-order valence-corrected chi connectivity index (χ3v) is 4.76. The van der Waals surface area contributed by atoms with Crippen molar-refractivity contribution in [1.82, 2.24) is 9.79 Å². The first-order valence-corrected chi connectivity index (χ1v) is 9.03. The van der Waals surface area contributed by atoms with Gasteiger partial charge in [0.1, 0.15) is 10.5 Å². The van der Waals surface area contributed by atoms with Crippen molar-refractivity contribution in [2.75, 3.05) is 25.5 Å². The Kier molecular flexibility index (Phi) is 5.36. The summed E-state index contributed by atoms with van der Waals surface area (Å²) >= 11 is 0. The molecule has 1 amide bonds. The molecule has 1 unspecified atom stereocenters. The van der Waals surface area contributed by atoms with E-state index < -0.39 is 27.8 Å². The van der Waals surface area contributed by atoms with Crippen molar-refractivity contribution in [2.24, 2.45) is 0 Å². The van der Waals surface area contributed by atoms with Gasteiger partial charge in [0.2, 0.25) is 10.0 Å². The van der Waals surface area contributed by atoms with E-state index in [2.05, 4.69) is 10.0 Å². The van der Waals surface area contributed by atoms with Crippen LogP contribution in [0.2, 0.25) is 0 Å². The Morgan fingerprint density at radius 3 is 2.62 bits per heavy atom. The predicted molar refractivity (Wildman–Crippen MR) is 89.0 cm³/mol. The smallest absolute Gasteiger partial charge is 0.434 e. The van der Waals surface area contributed by atoms with Crippen molar-refractivity contribution < 1.29 is 22.8 Å². The Bertz CT molecular complexity index is 699. The number of sulfonamides is 1. The third-order valence-electron chi connectivity index (χ3n) is 3.18. The van der Waals surface area contributed by atoms with E-state index in [0.29, 0.717) is 5.69 Å². The lowest BCUT2D eigenvalue weighted by atomic mass is 10.2. The van der Waals surface area contributed by atoms with Crippen molar-refractivity contribution in [2.45, 2.75) is 37.3 Å². The Balaban J connectivity index is 2.03. The first-order chi connectivity index (χ1) is 11.1. The molecule has 1 fully saturated rings. The van der Waals surface area contributed by atoms with Gasteiger partial charge in [-0.15, -0.1) is 0 Å². The van der Waals surface area contributed by atoms with Crippen LogP contribution in [0.3, 0.4) is 0 Å². The lowest BCUT2D eigenvalue weighted by Gasteiger charge is -2.23. The molecule has 24 heavy (non-hydrogen) atoms. The zero-order valence-corrected chi connectivity index (χ0v) is 15.0. The van der Waals surface area contributed by atoms with Crippen molar-refractivity contribution >= 4 is 21.8 Å². The topological polar surface area (TPSA) is 97.0 Å². The molecule has 1 saturated heterocycles. The fraction of sp³-hybridized carbons (Fsp3) is 0.533. The number of amides is 1. The van der Waals surface area contributed by atoms with Gasteiger partial charge in [0.25, 0.3) is 0 Å². The summed E-state index contributed by atoms with van der Waals surface area (Å²) in [4.78, 5) is 17.3. The summed E-state index contributed by atoms with van der Waals surface area (Å²) in [5, 5.41) is 3.87. The highest BCUT2D eigenvalue weighted by molar-refractivity contribution is 7.89. The fourth-order valence-electron chi connectivity index (χ4n) is 2.19. The summed E-state index contributed by atoms with van der Waals surface area (Å²) in [5.74, 6) is 0. The second kappa shape index (κ2) is 6.96.